The first-order valence-electron chi connectivity index (χ1n) is 7.25. The van der Waals surface area contributed by atoms with Gasteiger partial charge in [-0.3, -0.25) is 9.38 Å². The summed E-state index contributed by atoms with van der Waals surface area (Å²) in [6.07, 6.45) is 3.81. The summed E-state index contributed by atoms with van der Waals surface area (Å²) in [5, 5.41) is 0. The maximum atomic E-state index is 4.79. The highest BCUT2D eigenvalue weighted by Gasteiger charge is 2.17. The third-order valence-electron chi connectivity index (χ3n) is 3.66. The van der Waals surface area contributed by atoms with Gasteiger partial charge in [0.15, 0.2) is 0 Å². The van der Waals surface area contributed by atoms with Crippen molar-refractivity contribution in [1.82, 2.24) is 19.4 Å². The number of nitrogens with zero attached hydrogens (tertiary/aromatic N) is 4. The minimum Gasteiger partial charge on any atom is -0.299 e. The van der Waals surface area contributed by atoms with Gasteiger partial charge in [0.2, 0.25) is 0 Å². The molecule has 0 aliphatic rings. The molecular formula is C18H13BrN4. The molecule has 0 atom stereocenters. The van der Waals surface area contributed by atoms with Crippen molar-refractivity contribution in [3.63, 3.8) is 0 Å². The van der Waals surface area contributed by atoms with Gasteiger partial charge >= 0.3 is 0 Å². The number of fused-ring (bicyclic) bond motifs is 1. The van der Waals surface area contributed by atoms with Crippen LogP contribution in [0.25, 0.3) is 28.3 Å². The van der Waals surface area contributed by atoms with Crippen LogP contribution in [0, 0.1) is 6.92 Å². The van der Waals surface area contributed by atoms with Crippen molar-refractivity contribution in [2.75, 3.05) is 0 Å². The smallest absolute Gasteiger partial charge is 0.138 e. The molecule has 0 unspecified atom stereocenters. The first-order valence-corrected chi connectivity index (χ1v) is 8.05. The van der Waals surface area contributed by atoms with Gasteiger partial charge in [0.05, 0.1) is 11.4 Å². The number of hydrogen-bond acceptors (Lipinski definition) is 3. The van der Waals surface area contributed by atoms with Gasteiger partial charge in [0.25, 0.3) is 0 Å². The minimum absolute atomic E-state index is 0.795. The van der Waals surface area contributed by atoms with E-state index in [-0.39, 0.29) is 0 Å². The SMILES string of the molecule is Cc1cccc(-c2nc3ccccn3c2-c2ccnc(Br)c2)n1. The molecule has 0 aromatic carbocycles. The van der Waals surface area contributed by atoms with Crippen LogP contribution in [0.2, 0.25) is 0 Å². The van der Waals surface area contributed by atoms with Crippen LogP contribution in [-0.2, 0) is 0 Å². The maximum Gasteiger partial charge on any atom is 0.138 e. The fraction of sp³-hybridized carbons (Fsp3) is 0.0556. The van der Waals surface area contributed by atoms with E-state index in [9.17, 15) is 0 Å². The van der Waals surface area contributed by atoms with Crippen molar-refractivity contribution in [3.05, 3.63) is 71.2 Å². The largest absolute Gasteiger partial charge is 0.299 e. The third kappa shape index (κ3) is 2.53. The Bertz CT molecular complexity index is 1010. The molecule has 0 saturated carbocycles. The van der Waals surface area contributed by atoms with Crippen LogP contribution in [0.15, 0.2) is 65.5 Å². The Hall–Kier alpha value is -2.53. The summed E-state index contributed by atoms with van der Waals surface area (Å²) in [7, 11) is 0. The molecule has 0 spiro atoms. The predicted octanol–water partition coefficient (Wildman–Crippen LogP) is 4.53. The summed E-state index contributed by atoms with van der Waals surface area (Å²) in [5.41, 5.74) is 5.68. The predicted molar refractivity (Wildman–Crippen MR) is 94.1 cm³/mol. The molecule has 4 aromatic heterocycles. The van der Waals surface area contributed by atoms with E-state index in [2.05, 4.69) is 30.3 Å². The van der Waals surface area contributed by atoms with E-state index in [4.69, 9.17) is 4.98 Å². The Morgan fingerprint density at radius 2 is 1.91 bits per heavy atom. The van der Waals surface area contributed by atoms with Crippen molar-refractivity contribution in [2.45, 2.75) is 6.92 Å². The second-order valence-electron chi connectivity index (χ2n) is 5.27. The molecule has 0 bridgehead atoms. The summed E-state index contributed by atoms with van der Waals surface area (Å²) < 4.78 is 2.88. The molecule has 0 aliphatic carbocycles. The number of rotatable bonds is 2. The maximum absolute atomic E-state index is 4.79. The lowest BCUT2D eigenvalue weighted by atomic mass is 10.1. The second-order valence-corrected chi connectivity index (χ2v) is 6.08. The zero-order valence-electron chi connectivity index (χ0n) is 12.4. The number of hydrogen-bond donors (Lipinski definition) is 0. The van der Waals surface area contributed by atoms with Crippen molar-refractivity contribution < 1.29 is 0 Å². The van der Waals surface area contributed by atoms with Gasteiger partial charge in [-0.05, 0) is 59.3 Å². The first kappa shape index (κ1) is 14.1. The molecule has 4 heterocycles. The van der Waals surface area contributed by atoms with Crippen LogP contribution in [-0.4, -0.2) is 19.4 Å². The molecule has 0 radical (unpaired) electrons. The molecule has 4 aromatic rings. The Balaban J connectivity index is 2.06. The van der Waals surface area contributed by atoms with Crippen molar-refractivity contribution in [2.24, 2.45) is 0 Å². The van der Waals surface area contributed by atoms with E-state index in [0.717, 1.165) is 38.6 Å². The molecular weight excluding hydrogens is 352 g/mol. The molecule has 23 heavy (non-hydrogen) atoms. The normalized spacial score (nSPS) is 11.0. The number of imidazole rings is 1. The molecule has 112 valence electrons. The van der Waals surface area contributed by atoms with Crippen molar-refractivity contribution in [3.8, 4) is 22.6 Å². The standard InChI is InChI=1S/C18H13BrN4/c1-12-5-4-6-14(21-12)17-18(13-8-9-20-15(19)11-13)23-10-3-2-7-16(23)22-17/h2-11H,1H3. The van der Waals surface area contributed by atoms with E-state index in [0.29, 0.717) is 0 Å². The molecule has 0 N–H and O–H groups in total. The van der Waals surface area contributed by atoms with Gasteiger partial charge in [0.1, 0.15) is 15.9 Å². The monoisotopic (exact) mass is 364 g/mol. The summed E-state index contributed by atoms with van der Waals surface area (Å²) >= 11 is 3.45. The van der Waals surface area contributed by atoms with Gasteiger partial charge in [-0.2, -0.15) is 0 Å². The van der Waals surface area contributed by atoms with Crippen LogP contribution >= 0.6 is 15.9 Å². The van der Waals surface area contributed by atoms with E-state index in [1.54, 1.807) is 6.20 Å². The average molecular weight is 365 g/mol. The summed E-state index contributed by atoms with van der Waals surface area (Å²) in [4.78, 5) is 13.7. The molecule has 0 amide bonds. The van der Waals surface area contributed by atoms with E-state index in [1.165, 1.54) is 0 Å². The van der Waals surface area contributed by atoms with Crippen molar-refractivity contribution in [1.29, 1.82) is 0 Å². The van der Waals surface area contributed by atoms with Gasteiger partial charge in [-0.25, -0.2) is 9.97 Å². The molecule has 5 heteroatoms. The molecule has 0 aliphatic heterocycles. The van der Waals surface area contributed by atoms with Crippen LogP contribution < -0.4 is 0 Å². The second kappa shape index (κ2) is 5.59. The highest BCUT2D eigenvalue weighted by atomic mass is 79.9. The third-order valence-corrected chi connectivity index (χ3v) is 4.09. The molecule has 0 saturated heterocycles. The lowest BCUT2D eigenvalue weighted by Gasteiger charge is -2.06. The highest BCUT2D eigenvalue weighted by molar-refractivity contribution is 9.10. The quantitative estimate of drug-likeness (QED) is 0.490. The summed E-state index contributed by atoms with van der Waals surface area (Å²) in [5.74, 6) is 0. The highest BCUT2D eigenvalue weighted by Crippen LogP contribution is 2.32. The van der Waals surface area contributed by atoms with Crippen LogP contribution in [0.3, 0.4) is 0 Å². The summed E-state index contributed by atoms with van der Waals surface area (Å²) in [6.45, 7) is 1.99. The van der Waals surface area contributed by atoms with Gasteiger partial charge in [-0.15, -0.1) is 0 Å². The topological polar surface area (TPSA) is 43.1 Å². The number of halogens is 1. The van der Waals surface area contributed by atoms with Crippen LogP contribution in [0.5, 0.6) is 0 Å². The zero-order valence-corrected chi connectivity index (χ0v) is 14.0. The Kier molecular flexibility index (Phi) is 3.42. The van der Waals surface area contributed by atoms with Crippen LogP contribution in [0.1, 0.15) is 5.69 Å². The van der Waals surface area contributed by atoms with Gasteiger partial charge < -0.3 is 0 Å². The zero-order chi connectivity index (χ0) is 15.8. The number of aryl methyl sites for hydroxylation is 1. The fourth-order valence-electron chi connectivity index (χ4n) is 2.67. The Morgan fingerprint density at radius 3 is 2.74 bits per heavy atom. The molecule has 4 rings (SSSR count). The van der Waals surface area contributed by atoms with Crippen molar-refractivity contribution >= 4 is 21.6 Å². The van der Waals surface area contributed by atoms with Crippen LogP contribution in [0.4, 0.5) is 0 Å². The average Bonchev–Trinajstić information content (AvgIpc) is 2.94. The van der Waals surface area contributed by atoms with E-state index < -0.39 is 0 Å². The summed E-state index contributed by atoms with van der Waals surface area (Å²) in [6, 6.07) is 16.0. The number of pyridine rings is 3. The lowest BCUT2D eigenvalue weighted by Crippen LogP contribution is -1.92. The first-order chi connectivity index (χ1) is 11.2. The van der Waals surface area contributed by atoms with Gasteiger partial charge in [-0.1, -0.05) is 12.1 Å². The lowest BCUT2D eigenvalue weighted by molar-refractivity contribution is 1.18. The minimum atomic E-state index is 0.795. The van der Waals surface area contributed by atoms with E-state index >= 15 is 0 Å². The Labute approximate surface area is 142 Å². The number of aromatic nitrogens is 4. The molecule has 0 fully saturated rings. The fourth-order valence-corrected chi connectivity index (χ4v) is 3.04. The van der Waals surface area contributed by atoms with E-state index in [1.807, 2.05) is 61.7 Å². The van der Waals surface area contributed by atoms with Gasteiger partial charge in [0, 0.05) is 23.7 Å². The molecule has 4 nitrogen and oxygen atoms in total. The Morgan fingerprint density at radius 1 is 1.00 bits per heavy atom.